The van der Waals surface area contributed by atoms with Gasteiger partial charge in [0.05, 0.1) is 0 Å². The Bertz CT molecular complexity index is 1750. The number of carbonyl (C=O) groups excluding carboxylic acids is 3. The molecular weight excluding hydrogens is 985 g/mol. The predicted molar refractivity (Wildman–Crippen MR) is 348 cm³/mol. The molecule has 0 aliphatic carbocycles. The van der Waals surface area contributed by atoms with Gasteiger partial charge in [0.25, 0.3) is 0 Å². The number of hydrogen-bond donors (Lipinski definition) is 0. The highest BCUT2D eigenvalue weighted by Gasteiger charge is 2.19. The first kappa shape index (κ1) is 75.3. The van der Waals surface area contributed by atoms with Gasteiger partial charge in [-0.3, -0.25) is 14.4 Å². The van der Waals surface area contributed by atoms with Crippen molar-refractivity contribution in [3.63, 3.8) is 0 Å². The van der Waals surface area contributed by atoms with Crippen LogP contribution in [0.25, 0.3) is 0 Å². The molecule has 0 saturated heterocycles. The van der Waals surface area contributed by atoms with E-state index in [0.717, 1.165) is 128 Å². The average Bonchev–Trinajstić information content (AvgIpc) is 3.46. The molecule has 0 rings (SSSR count). The number of esters is 3. The lowest BCUT2D eigenvalue weighted by Crippen LogP contribution is -2.30. The molecule has 0 aliphatic heterocycles. The number of rotatable bonds is 58. The SMILES string of the molecule is CC/C=C\C/C=C\C/C=C\C/C=C\C/C=C\C/C=C\CCC(=O)OC(COC(=O)CCCCCCC/C=C\C/C=C\CCCC)COC(=O)CCCCCCCCCCCCCCCCCC/C=C\C/C=C\C/C=C\C/C=C\CC. The van der Waals surface area contributed by atoms with Crippen molar-refractivity contribution in [2.75, 3.05) is 13.2 Å². The Hall–Kier alpha value is -4.71. The average molecular weight is 1110 g/mol. The summed E-state index contributed by atoms with van der Waals surface area (Å²) in [4.78, 5) is 38.3. The maximum Gasteiger partial charge on any atom is 0.306 e. The first-order valence-corrected chi connectivity index (χ1v) is 32.8. The van der Waals surface area contributed by atoms with Crippen LogP contribution in [0.5, 0.6) is 0 Å². The maximum absolute atomic E-state index is 12.9. The highest BCUT2D eigenvalue weighted by Crippen LogP contribution is 2.16. The van der Waals surface area contributed by atoms with Crippen molar-refractivity contribution in [1.29, 1.82) is 0 Å². The van der Waals surface area contributed by atoms with E-state index in [4.69, 9.17) is 14.2 Å². The minimum Gasteiger partial charge on any atom is -0.462 e. The molecule has 6 heteroatoms. The molecule has 0 aliphatic rings. The Balaban J connectivity index is 4.37. The summed E-state index contributed by atoms with van der Waals surface area (Å²) in [6.45, 7) is 6.31. The highest BCUT2D eigenvalue weighted by atomic mass is 16.6. The van der Waals surface area contributed by atoms with Crippen LogP contribution in [0.3, 0.4) is 0 Å². The second-order valence-corrected chi connectivity index (χ2v) is 21.3. The molecule has 6 nitrogen and oxygen atoms in total. The topological polar surface area (TPSA) is 78.9 Å². The van der Waals surface area contributed by atoms with E-state index >= 15 is 0 Å². The zero-order valence-corrected chi connectivity index (χ0v) is 51.8. The molecule has 80 heavy (non-hydrogen) atoms. The summed E-state index contributed by atoms with van der Waals surface area (Å²) in [7, 11) is 0. The van der Waals surface area contributed by atoms with Crippen molar-refractivity contribution in [2.45, 2.75) is 290 Å². The van der Waals surface area contributed by atoms with E-state index in [-0.39, 0.29) is 31.6 Å². The van der Waals surface area contributed by atoms with Gasteiger partial charge in [-0.05, 0) is 122 Å². The van der Waals surface area contributed by atoms with Gasteiger partial charge in [0.2, 0.25) is 0 Å². The van der Waals surface area contributed by atoms with Gasteiger partial charge in [0.15, 0.2) is 6.10 Å². The van der Waals surface area contributed by atoms with E-state index < -0.39 is 12.1 Å². The van der Waals surface area contributed by atoms with Crippen LogP contribution in [-0.4, -0.2) is 37.2 Å². The lowest BCUT2D eigenvalue weighted by molar-refractivity contribution is -0.166. The summed E-state index contributed by atoms with van der Waals surface area (Å²) in [6.07, 6.45) is 95.9. The quantitative estimate of drug-likeness (QED) is 0.0261. The third kappa shape index (κ3) is 64.1. The van der Waals surface area contributed by atoms with Gasteiger partial charge in [-0.25, -0.2) is 0 Å². The van der Waals surface area contributed by atoms with Crippen LogP contribution in [-0.2, 0) is 28.6 Å². The van der Waals surface area contributed by atoms with E-state index in [1.165, 1.54) is 109 Å². The zero-order valence-electron chi connectivity index (χ0n) is 51.8. The fraction of sp³-hybridized carbons (Fsp3) is 0.635. The number of ether oxygens (including phenoxy) is 3. The second kappa shape index (κ2) is 66.8. The van der Waals surface area contributed by atoms with E-state index in [1.807, 2.05) is 6.08 Å². The fourth-order valence-electron chi connectivity index (χ4n) is 8.71. The van der Waals surface area contributed by atoms with E-state index in [9.17, 15) is 14.4 Å². The highest BCUT2D eigenvalue weighted by molar-refractivity contribution is 5.71. The molecule has 0 saturated carbocycles. The Kier molecular flexibility index (Phi) is 62.9. The molecular formula is C74H120O6. The predicted octanol–water partition coefficient (Wildman–Crippen LogP) is 22.7. The molecule has 0 bridgehead atoms. The van der Waals surface area contributed by atoms with Crippen LogP contribution in [0.15, 0.2) is 146 Å². The molecule has 1 atom stereocenters. The Morgan fingerprint density at radius 3 is 0.812 bits per heavy atom. The number of allylic oxidation sites excluding steroid dienone is 24. The number of unbranched alkanes of at least 4 members (excludes halogenated alkanes) is 23. The lowest BCUT2D eigenvalue weighted by Gasteiger charge is -2.18. The Labute approximate surface area is 493 Å². The number of carbonyl (C=O) groups is 3. The smallest absolute Gasteiger partial charge is 0.306 e. The van der Waals surface area contributed by atoms with Crippen LogP contribution in [0.4, 0.5) is 0 Å². The van der Waals surface area contributed by atoms with Crippen molar-refractivity contribution in [1.82, 2.24) is 0 Å². The first-order valence-electron chi connectivity index (χ1n) is 32.8. The molecule has 0 aromatic rings. The van der Waals surface area contributed by atoms with Crippen molar-refractivity contribution in [3.05, 3.63) is 146 Å². The standard InChI is InChI=1S/C74H120O6/c1-4-7-10-13-16-19-22-25-28-30-32-33-34-35-36-37-38-39-40-41-43-44-46-49-52-55-58-61-64-67-73(76)79-70-71(69-78-72(75)66-63-60-57-54-51-48-27-24-21-18-15-12-9-6-3)80-74(77)68-65-62-59-56-53-50-47-45-42-31-29-26-23-20-17-14-11-8-5-2/h7-8,10-11,15-20,24-29,32-33,42,45,50,53,59,62,71H,4-6,9,12-14,21-23,30-31,34-41,43-44,46-49,51-52,54-58,60-61,63-70H2,1-3H3/b10-7-,11-8-,18-15-,19-16-,20-17-,27-24-,28-25-,29-26-,33-32-,45-42-,53-50-,62-59-. The molecule has 0 fully saturated rings. The van der Waals surface area contributed by atoms with Crippen LogP contribution in [0.2, 0.25) is 0 Å². The Morgan fingerprint density at radius 2 is 0.512 bits per heavy atom. The van der Waals surface area contributed by atoms with Crippen molar-refractivity contribution >= 4 is 17.9 Å². The minimum absolute atomic E-state index is 0.116. The van der Waals surface area contributed by atoms with Gasteiger partial charge in [-0.15, -0.1) is 0 Å². The molecule has 0 amide bonds. The summed E-state index contributed by atoms with van der Waals surface area (Å²) in [5, 5.41) is 0. The molecule has 452 valence electrons. The normalized spacial score (nSPS) is 13.1. The first-order chi connectivity index (χ1) is 39.5. The maximum atomic E-state index is 12.9. The van der Waals surface area contributed by atoms with Crippen molar-refractivity contribution < 1.29 is 28.6 Å². The largest absolute Gasteiger partial charge is 0.462 e. The molecule has 0 aromatic carbocycles. The van der Waals surface area contributed by atoms with Gasteiger partial charge in [-0.2, -0.15) is 0 Å². The zero-order chi connectivity index (χ0) is 57.8. The van der Waals surface area contributed by atoms with Crippen LogP contribution >= 0.6 is 0 Å². The summed E-state index contributed by atoms with van der Waals surface area (Å²) < 4.78 is 16.8. The minimum atomic E-state index is -0.830. The summed E-state index contributed by atoms with van der Waals surface area (Å²) in [5.74, 6) is -1.01. The van der Waals surface area contributed by atoms with Crippen molar-refractivity contribution in [2.24, 2.45) is 0 Å². The summed E-state index contributed by atoms with van der Waals surface area (Å²) in [5.41, 5.74) is 0. The van der Waals surface area contributed by atoms with Crippen molar-refractivity contribution in [3.8, 4) is 0 Å². The molecule has 0 N–H and O–H groups in total. The third-order valence-electron chi connectivity index (χ3n) is 13.6. The number of hydrogen-bond acceptors (Lipinski definition) is 6. The van der Waals surface area contributed by atoms with Gasteiger partial charge < -0.3 is 14.2 Å². The van der Waals surface area contributed by atoms with E-state index in [2.05, 4.69) is 161 Å². The van der Waals surface area contributed by atoms with Crippen LogP contribution < -0.4 is 0 Å². The molecule has 0 aromatic heterocycles. The molecule has 0 spiro atoms. The third-order valence-corrected chi connectivity index (χ3v) is 13.6. The van der Waals surface area contributed by atoms with Crippen LogP contribution in [0.1, 0.15) is 284 Å². The fourth-order valence-corrected chi connectivity index (χ4v) is 8.71. The Morgan fingerprint density at radius 1 is 0.263 bits per heavy atom. The monoisotopic (exact) mass is 1100 g/mol. The second-order valence-electron chi connectivity index (χ2n) is 21.3. The van der Waals surface area contributed by atoms with E-state index in [1.54, 1.807) is 0 Å². The van der Waals surface area contributed by atoms with Crippen LogP contribution in [0, 0.1) is 0 Å². The summed E-state index contributed by atoms with van der Waals surface area (Å²) >= 11 is 0. The molecule has 0 radical (unpaired) electrons. The molecule has 0 heterocycles. The molecule has 1 unspecified atom stereocenters. The van der Waals surface area contributed by atoms with Gasteiger partial charge in [-0.1, -0.05) is 289 Å². The van der Waals surface area contributed by atoms with E-state index in [0.29, 0.717) is 19.3 Å². The van der Waals surface area contributed by atoms with Gasteiger partial charge in [0, 0.05) is 19.3 Å². The van der Waals surface area contributed by atoms with Gasteiger partial charge >= 0.3 is 17.9 Å². The van der Waals surface area contributed by atoms with Gasteiger partial charge in [0.1, 0.15) is 13.2 Å². The lowest BCUT2D eigenvalue weighted by atomic mass is 10.0. The summed E-state index contributed by atoms with van der Waals surface area (Å²) in [6, 6.07) is 0.